The zero-order chi connectivity index (χ0) is 16.5. The van der Waals surface area contributed by atoms with Gasteiger partial charge in [-0.05, 0) is 12.1 Å². The second-order valence-corrected chi connectivity index (χ2v) is 4.53. The van der Waals surface area contributed by atoms with Gasteiger partial charge in [0.25, 0.3) is 5.56 Å². The third-order valence-corrected chi connectivity index (χ3v) is 3.03. The smallest absolute Gasteiger partial charge is 0.303 e. The number of nitrogens with one attached hydrogen (secondary N) is 1. The number of alkyl halides is 4. The van der Waals surface area contributed by atoms with Crippen molar-refractivity contribution in [2.45, 2.75) is 6.18 Å². The molecular formula is C13H8ClF3N2O3. The van der Waals surface area contributed by atoms with Crippen LogP contribution < -0.4 is 11.2 Å². The van der Waals surface area contributed by atoms with Crippen LogP contribution in [0.4, 0.5) is 13.2 Å². The molecular weight excluding hydrogens is 325 g/mol. The summed E-state index contributed by atoms with van der Waals surface area (Å²) in [6, 6.07) is 5.59. The molecule has 0 atom stereocenters. The fourth-order valence-corrected chi connectivity index (χ4v) is 1.94. The standard InChI is InChI=1S/C13H8ClF3N2O3/c14-6-9(20)7-2-1-3-8(4-7)19-11(21)5-10(13(15,16)17)18-12(19)22/h1-5H,6H2,(H,18,22). The molecule has 0 spiro atoms. The van der Waals surface area contributed by atoms with E-state index in [9.17, 15) is 27.6 Å². The van der Waals surface area contributed by atoms with Crippen molar-refractivity contribution in [1.82, 2.24) is 9.55 Å². The topological polar surface area (TPSA) is 71.9 Å². The Bertz CT molecular complexity index is 808. The van der Waals surface area contributed by atoms with E-state index in [1.54, 1.807) is 4.98 Å². The molecule has 2 aromatic rings. The lowest BCUT2D eigenvalue weighted by molar-refractivity contribution is -0.141. The third-order valence-electron chi connectivity index (χ3n) is 2.79. The number of hydrogen-bond acceptors (Lipinski definition) is 3. The van der Waals surface area contributed by atoms with E-state index in [0.717, 1.165) is 0 Å². The quantitative estimate of drug-likeness (QED) is 0.690. The van der Waals surface area contributed by atoms with Crippen LogP contribution in [0.25, 0.3) is 5.69 Å². The second kappa shape index (κ2) is 5.80. The molecule has 1 aromatic carbocycles. The minimum atomic E-state index is -4.84. The number of aromatic nitrogens is 2. The highest BCUT2D eigenvalue weighted by atomic mass is 35.5. The van der Waals surface area contributed by atoms with Gasteiger partial charge in [0.05, 0.1) is 11.6 Å². The summed E-state index contributed by atoms with van der Waals surface area (Å²) in [7, 11) is 0. The third kappa shape index (κ3) is 3.11. The van der Waals surface area contributed by atoms with E-state index < -0.39 is 28.9 Å². The van der Waals surface area contributed by atoms with Crippen LogP contribution in [-0.4, -0.2) is 21.2 Å². The van der Waals surface area contributed by atoms with Crippen LogP contribution in [0.5, 0.6) is 0 Å². The van der Waals surface area contributed by atoms with Crippen LogP contribution in [0, 0.1) is 0 Å². The molecule has 5 nitrogen and oxygen atoms in total. The Morgan fingerprint density at radius 1 is 1.23 bits per heavy atom. The first kappa shape index (κ1) is 16.0. The zero-order valence-corrected chi connectivity index (χ0v) is 11.5. The van der Waals surface area contributed by atoms with Crippen LogP contribution >= 0.6 is 11.6 Å². The Morgan fingerprint density at radius 2 is 1.91 bits per heavy atom. The summed E-state index contributed by atoms with van der Waals surface area (Å²) in [4.78, 5) is 36.6. The zero-order valence-electron chi connectivity index (χ0n) is 10.8. The highest BCUT2D eigenvalue weighted by Gasteiger charge is 2.33. The maximum atomic E-state index is 12.5. The minimum Gasteiger partial charge on any atom is -0.303 e. The predicted octanol–water partition coefficient (Wildman–Crippen LogP) is 1.97. The Hall–Kier alpha value is -2.35. The number of nitrogens with zero attached hydrogens (tertiary/aromatic N) is 1. The molecule has 0 amide bonds. The highest BCUT2D eigenvalue weighted by molar-refractivity contribution is 6.30. The summed E-state index contributed by atoms with van der Waals surface area (Å²) < 4.78 is 38.1. The lowest BCUT2D eigenvalue weighted by Gasteiger charge is -2.09. The maximum Gasteiger partial charge on any atom is 0.431 e. The number of carbonyl (C=O) groups is 1. The van der Waals surface area contributed by atoms with E-state index in [-0.39, 0.29) is 23.2 Å². The molecule has 0 saturated carbocycles. The Labute approximate surface area is 126 Å². The van der Waals surface area contributed by atoms with Gasteiger partial charge in [0, 0.05) is 11.6 Å². The average molecular weight is 333 g/mol. The predicted molar refractivity (Wildman–Crippen MR) is 72.7 cm³/mol. The van der Waals surface area contributed by atoms with Gasteiger partial charge < -0.3 is 4.98 Å². The van der Waals surface area contributed by atoms with E-state index in [4.69, 9.17) is 11.6 Å². The van der Waals surface area contributed by atoms with Gasteiger partial charge in [-0.1, -0.05) is 12.1 Å². The first-order valence-electron chi connectivity index (χ1n) is 5.87. The van der Waals surface area contributed by atoms with Crippen LogP contribution in [-0.2, 0) is 6.18 Å². The first-order chi connectivity index (χ1) is 10.2. The number of H-pyrrole nitrogens is 1. The van der Waals surface area contributed by atoms with Gasteiger partial charge in [-0.25, -0.2) is 9.36 Å². The van der Waals surface area contributed by atoms with E-state index in [0.29, 0.717) is 4.57 Å². The van der Waals surface area contributed by atoms with Gasteiger partial charge in [-0.3, -0.25) is 9.59 Å². The van der Waals surface area contributed by atoms with Crippen molar-refractivity contribution in [2.75, 3.05) is 5.88 Å². The van der Waals surface area contributed by atoms with E-state index in [1.165, 1.54) is 24.3 Å². The summed E-state index contributed by atoms with van der Waals surface area (Å²) >= 11 is 5.41. The van der Waals surface area contributed by atoms with Crippen LogP contribution in [0.2, 0.25) is 0 Å². The minimum absolute atomic E-state index is 0.0315. The van der Waals surface area contributed by atoms with Gasteiger partial charge >= 0.3 is 11.9 Å². The van der Waals surface area contributed by atoms with Gasteiger partial charge in [-0.15, -0.1) is 11.6 Å². The lowest BCUT2D eigenvalue weighted by atomic mass is 10.1. The fraction of sp³-hybridized carbons (Fsp3) is 0.154. The number of ketones is 1. The molecule has 0 aliphatic heterocycles. The Kier molecular flexibility index (Phi) is 4.23. The summed E-state index contributed by atoms with van der Waals surface area (Å²) in [5.41, 5.74) is -3.75. The van der Waals surface area contributed by atoms with Crippen molar-refractivity contribution in [3.63, 3.8) is 0 Å². The summed E-state index contributed by atoms with van der Waals surface area (Å²) in [6.07, 6.45) is -4.84. The SMILES string of the molecule is O=C(CCl)c1cccc(-n2c(=O)cc(C(F)(F)F)[nH]c2=O)c1. The first-order valence-corrected chi connectivity index (χ1v) is 6.40. The molecule has 0 saturated heterocycles. The van der Waals surface area contributed by atoms with Gasteiger partial charge in [-0.2, -0.15) is 13.2 Å². The molecule has 22 heavy (non-hydrogen) atoms. The van der Waals surface area contributed by atoms with Crippen LogP contribution in [0.15, 0.2) is 39.9 Å². The van der Waals surface area contributed by atoms with E-state index in [1.807, 2.05) is 0 Å². The Balaban J connectivity index is 2.62. The van der Waals surface area contributed by atoms with Crippen molar-refractivity contribution < 1.29 is 18.0 Å². The van der Waals surface area contributed by atoms with Crippen molar-refractivity contribution in [2.24, 2.45) is 0 Å². The van der Waals surface area contributed by atoms with Crippen molar-refractivity contribution >= 4 is 17.4 Å². The van der Waals surface area contributed by atoms with Gasteiger partial charge in [0.15, 0.2) is 5.78 Å². The average Bonchev–Trinajstić information content (AvgIpc) is 2.45. The second-order valence-electron chi connectivity index (χ2n) is 4.27. The number of hydrogen-bond donors (Lipinski definition) is 1. The molecule has 1 heterocycles. The molecule has 0 aliphatic rings. The van der Waals surface area contributed by atoms with Crippen molar-refractivity contribution in [3.8, 4) is 5.69 Å². The molecule has 0 unspecified atom stereocenters. The molecule has 9 heteroatoms. The number of benzene rings is 1. The molecule has 116 valence electrons. The molecule has 0 aliphatic carbocycles. The van der Waals surface area contributed by atoms with Crippen LogP contribution in [0.1, 0.15) is 16.1 Å². The van der Waals surface area contributed by atoms with Gasteiger partial charge in [0.1, 0.15) is 5.69 Å². The van der Waals surface area contributed by atoms with E-state index in [2.05, 4.69) is 0 Å². The van der Waals surface area contributed by atoms with Crippen molar-refractivity contribution in [3.05, 3.63) is 62.4 Å². The summed E-state index contributed by atoms with van der Waals surface area (Å²) in [6.45, 7) is 0. The largest absolute Gasteiger partial charge is 0.431 e. The van der Waals surface area contributed by atoms with E-state index >= 15 is 0 Å². The number of aromatic amines is 1. The molecule has 2 rings (SSSR count). The van der Waals surface area contributed by atoms with Crippen molar-refractivity contribution in [1.29, 1.82) is 0 Å². The lowest BCUT2D eigenvalue weighted by Crippen LogP contribution is -2.35. The fourth-order valence-electron chi connectivity index (χ4n) is 1.79. The Morgan fingerprint density at radius 3 is 2.45 bits per heavy atom. The molecule has 0 bridgehead atoms. The summed E-state index contributed by atoms with van der Waals surface area (Å²) in [5.74, 6) is -0.748. The molecule has 0 fully saturated rings. The van der Waals surface area contributed by atoms with Gasteiger partial charge in [0.2, 0.25) is 0 Å². The monoisotopic (exact) mass is 332 g/mol. The summed E-state index contributed by atoms with van der Waals surface area (Å²) in [5, 5.41) is 0. The molecule has 1 aromatic heterocycles. The number of carbonyl (C=O) groups excluding carboxylic acids is 1. The maximum absolute atomic E-state index is 12.5. The number of rotatable bonds is 3. The highest BCUT2D eigenvalue weighted by Crippen LogP contribution is 2.25. The molecule has 1 N–H and O–H groups in total. The number of halogens is 4. The van der Waals surface area contributed by atoms with Crippen LogP contribution in [0.3, 0.4) is 0 Å². The normalized spacial score (nSPS) is 11.5. The molecule has 0 radical (unpaired) electrons. The number of Topliss-reactive ketones (excluding diaryl/α,β-unsaturated/α-hetero) is 1.